The number of nitrogens with zero attached hydrogens (tertiary/aromatic N) is 5. The van der Waals surface area contributed by atoms with Crippen LogP contribution in [0.1, 0.15) is 58.4 Å². The maximum Gasteiger partial charge on any atom is 0.235 e. The maximum absolute atomic E-state index is 12.6. The van der Waals surface area contributed by atoms with Crippen LogP contribution in [0.25, 0.3) is 0 Å². The number of thioether (sulfide) groups is 1. The van der Waals surface area contributed by atoms with Gasteiger partial charge in [0, 0.05) is 13.1 Å². The molecule has 2 fully saturated rings. The number of rotatable bonds is 4. The predicted molar refractivity (Wildman–Crippen MR) is 85.6 cm³/mol. The van der Waals surface area contributed by atoms with Crippen LogP contribution in [0.5, 0.6) is 0 Å². The molecule has 3 rings (SSSR count). The van der Waals surface area contributed by atoms with Gasteiger partial charge in [-0.2, -0.15) is 0 Å². The summed E-state index contributed by atoms with van der Waals surface area (Å²) < 4.78 is 1.93. The zero-order chi connectivity index (χ0) is 15.5. The second-order valence-corrected chi connectivity index (χ2v) is 7.92. The lowest BCUT2D eigenvalue weighted by Gasteiger charge is -2.31. The van der Waals surface area contributed by atoms with Crippen molar-refractivity contribution in [3.63, 3.8) is 0 Å². The van der Waals surface area contributed by atoms with Crippen molar-refractivity contribution in [2.24, 2.45) is 5.92 Å². The molecule has 0 spiro atoms. The van der Waals surface area contributed by atoms with Gasteiger partial charge in [-0.15, -0.1) is 5.10 Å². The van der Waals surface area contributed by atoms with Crippen LogP contribution in [0.3, 0.4) is 0 Å². The average molecular weight is 323 g/mol. The summed E-state index contributed by atoms with van der Waals surface area (Å²) in [6, 6.07) is 0.413. The molecule has 1 aliphatic carbocycles. The Morgan fingerprint density at radius 3 is 2.59 bits per heavy atom. The summed E-state index contributed by atoms with van der Waals surface area (Å²) in [5.74, 6) is 0.958. The Labute approximate surface area is 136 Å². The van der Waals surface area contributed by atoms with E-state index in [4.69, 9.17) is 0 Å². The Morgan fingerprint density at radius 2 is 1.91 bits per heavy atom. The van der Waals surface area contributed by atoms with Crippen LogP contribution in [-0.4, -0.2) is 49.4 Å². The summed E-state index contributed by atoms with van der Waals surface area (Å²) in [6.07, 6.45) is 7.01. The Hall–Kier alpha value is -1.11. The second-order valence-electron chi connectivity index (χ2n) is 6.61. The van der Waals surface area contributed by atoms with Gasteiger partial charge in [0.25, 0.3) is 0 Å². The summed E-state index contributed by atoms with van der Waals surface area (Å²) in [6.45, 7) is 6.01. The highest BCUT2D eigenvalue weighted by molar-refractivity contribution is 8.00. The quantitative estimate of drug-likeness (QED) is 0.797. The maximum atomic E-state index is 12.6. The summed E-state index contributed by atoms with van der Waals surface area (Å²) in [5, 5.41) is 12.8. The molecule has 0 aromatic carbocycles. The van der Waals surface area contributed by atoms with Crippen LogP contribution >= 0.6 is 11.8 Å². The molecule has 0 radical (unpaired) electrons. The molecule has 0 N–H and O–H groups in total. The van der Waals surface area contributed by atoms with Gasteiger partial charge >= 0.3 is 0 Å². The van der Waals surface area contributed by atoms with E-state index in [1.165, 1.54) is 24.6 Å². The molecule has 1 amide bonds. The van der Waals surface area contributed by atoms with Gasteiger partial charge in [0.05, 0.1) is 11.3 Å². The van der Waals surface area contributed by atoms with Gasteiger partial charge in [-0.05, 0) is 49.0 Å². The van der Waals surface area contributed by atoms with Gasteiger partial charge in [0.15, 0.2) is 0 Å². The second kappa shape index (κ2) is 6.98. The summed E-state index contributed by atoms with van der Waals surface area (Å²) in [4.78, 5) is 14.6. The number of carbonyl (C=O) groups excluding carboxylic acids is 1. The minimum atomic E-state index is -0.125. The molecule has 1 unspecified atom stereocenters. The van der Waals surface area contributed by atoms with Gasteiger partial charge in [-0.1, -0.05) is 31.5 Å². The van der Waals surface area contributed by atoms with E-state index >= 15 is 0 Å². The lowest BCUT2D eigenvalue weighted by Crippen LogP contribution is -2.41. The molecule has 2 aliphatic rings. The molecule has 1 aromatic rings. The molecule has 1 aliphatic heterocycles. The van der Waals surface area contributed by atoms with Crippen molar-refractivity contribution >= 4 is 17.7 Å². The highest BCUT2D eigenvalue weighted by Gasteiger charge is 2.28. The van der Waals surface area contributed by atoms with Gasteiger partial charge in [0.2, 0.25) is 11.1 Å². The fourth-order valence-electron chi connectivity index (χ4n) is 3.34. The van der Waals surface area contributed by atoms with Crippen molar-refractivity contribution in [3.8, 4) is 0 Å². The van der Waals surface area contributed by atoms with Gasteiger partial charge in [-0.25, -0.2) is 4.68 Å². The van der Waals surface area contributed by atoms with Crippen molar-refractivity contribution < 1.29 is 4.79 Å². The third-order valence-electron chi connectivity index (χ3n) is 4.86. The van der Waals surface area contributed by atoms with Crippen LogP contribution < -0.4 is 0 Å². The molecule has 22 heavy (non-hydrogen) atoms. The zero-order valence-corrected chi connectivity index (χ0v) is 14.3. The van der Waals surface area contributed by atoms with E-state index in [1.54, 1.807) is 0 Å². The summed E-state index contributed by atoms with van der Waals surface area (Å²) >= 11 is 1.50. The molecular formula is C15H25N5OS. The van der Waals surface area contributed by atoms with E-state index in [9.17, 15) is 4.79 Å². The lowest BCUT2D eigenvalue weighted by atomic mass is 9.99. The van der Waals surface area contributed by atoms with Crippen LogP contribution in [0.15, 0.2) is 5.16 Å². The molecule has 0 bridgehead atoms. The first kappa shape index (κ1) is 15.8. The van der Waals surface area contributed by atoms with Gasteiger partial charge in [0.1, 0.15) is 0 Å². The number of hydrogen-bond acceptors (Lipinski definition) is 5. The van der Waals surface area contributed by atoms with Crippen molar-refractivity contribution in [2.75, 3.05) is 13.1 Å². The standard InChI is InChI=1S/C15H25N5OS/c1-11-7-9-19(10-8-11)14(21)12(2)22-15-16-17-18-20(15)13-5-3-4-6-13/h11-13H,3-10H2,1-2H3. The number of piperidine rings is 1. The first-order chi connectivity index (χ1) is 10.6. The Bertz CT molecular complexity index is 506. The van der Waals surface area contributed by atoms with Crippen molar-refractivity contribution in [1.29, 1.82) is 0 Å². The van der Waals surface area contributed by atoms with Crippen molar-refractivity contribution in [3.05, 3.63) is 0 Å². The smallest absolute Gasteiger partial charge is 0.235 e. The molecule has 7 heteroatoms. The van der Waals surface area contributed by atoms with Gasteiger partial charge in [-0.3, -0.25) is 4.79 Å². The van der Waals surface area contributed by atoms with Crippen molar-refractivity contribution in [2.45, 2.75) is 68.8 Å². The van der Waals surface area contributed by atoms with E-state index in [2.05, 4.69) is 22.4 Å². The molecule has 1 aromatic heterocycles. The molecule has 6 nitrogen and oxygen atoms in total. The normalized spacial score (nSPS) is 22.2. The van der Waals surface area contributed by atoms with E-state index in [0.29, 0.717) is 6.04 Å². The predicted octanol–water partition coefficient (Wildman–Crippen LogP) is 2.53. The number of hydrogen-bond donors (Lipinski definition) is 0. The Kier molecular flexibility index (Phi) is 5.00. The van der Waals surface area contributed by atoms with Crippen LogP contribution in [0, 0.1) is 5.92 Å². The number of carbonyl (C=O) groups is 1. The highest BCUT2D eigenvalue weighted by Crippen LogP contribution is 2.33. The van der Waals surface area contributed by atoms with E-state index in [1.807, 2.05) is 16.5 Å². The largest absolute Gasteiger partial charge is 0.342 e. The summed E-state index contributed by atoms with van der Waals surface area (Å²) in [5.41, 5.74) is 0. The molecular weight excluding hydrogens is 298 g/mol. The SMILES string of the molecule is CC1CCN(C(=O)C(C)Sc2nnnn2C2CCCC2)CC1. The monoisotopic (exact) mass is 323 g/mol. The zero-order valence-electron chi connectivity index (χ0n) is 13.4. The van der Waals surface area contributed by atoms with Gasteiger partial charge < -0.3 is 4.90 Å². The third-order valence-corrected chi connectivity index (χ3v) is 5.89. The summed E-state index contributed by atoms with van der Waals surface area (Å²) in [7, 11) is 0. The minimum Gasteiger partial charge on any atom is -0.342 e. The van der Waals surface area contributed by atoms with E-state index < -0.39 is 0 Å². The molecule has 1 atom stereocenters. The average Bonchev–Trinajstić information content (AvgIpc) is 3.18. The Morgan fingerprint density at radius 1 is 1.23 bits per heavy atom. The van der Waals surface area contributed by atoms with E-state index in [0.717, 1.165) is 49.8 Å². The number of likely N-dealkylation sites (tertiary alicyclic amines) is 1. The Balaban J connectivity index is 1.60. The van der Waals surface area contributed by atoms with Crippen LogP contribution in [-0.2, 0) is 4.79 Å². The van der Waals surface area contributed by atoms with Crippen LogP contribution in [0.2, 0.25) is 0 Å². The molecule has 122 valence electrons. The topological polar surface area (TPSA) is 63.9 Å². The third kappa shape index (κ3) is 3.45. The number of aromatic nitrogens is 4. The molecule has 1 saturated carbocycles. The van der Waals surface area contributed by atoms with Crippen LogP contribution in [0.4, 0.5) is 0 Å². The lowest BCUT2D eigenvalue weighted by molar-refractivity contribution is -0.131. The number of amides is 1. The molecule has 2 heterocycles. The minimum absolute atomic E-state index is 0.125. The first-order valence-corrected chi connectivity index (χ1v) is 9.26. The highest BCUT2D eigenvalue weighted by atomic mass is 32.2. The van der Waals surface area contributed by atoms with E-state index in [-0.39, 0.29) is 11.2 Å². The first-order valence-electron chi connectivity index (χ1n) is 8.38. The fourth-order valence-corrected chi connectivity index (χ4v) is 4.28. The number of tetrazole rings is 1. The fraction of sp³-hybridized carbons (Fsp3) is 0.867. The molecule has 1 saturated heterocycles. The van der Waals surface area contributed by atoms with Crippen molar-refractivity contribution in [1.82, 2.24) is 25.1 Å².